The molecule has 0 aliphatic carbocycles. The van der Waals surface area contributed by atoms with Crippen molar-refractivity contribution in [3.63, 3.8) is 0 Å². The van der Waals surface area contributed by atoms with Gasteiger partial charge >= 0.3 is 0 Å². The Labute approximate surface area is 158 Å². The average Bonchev–Trinajstić information content (AvgIpc) is 2.72. The fraction of sp³-hybridized carbons (Fsp3) is 0.417. The van der Waals surface area contributed by atoms with E-state index >= 15 is 0 Å². The van der Waals surface area contributed by atoms with Gasteiger partial charge < -0.3 is 4.90 Å². The average molecular weight is 349 g/mol. The van der Waals surface area contributed by atoms with Gasteiger partial charge in [-0.3, -0.25) is 4.79 Å². The maximum atomic E-state index is 13.0. The molecule has 0 bridgehead atoms. The van der Waals surface area contributed by atoms with Crippen molar-refractivity contribution in [1.29, 1.82) is 0 Å². The quantitative estimate of drug-likeness (QED) is 0.651. The molecule has 1 radical (unpaired) electrons. The van der Waals surface area contributed by atoms with Gasteiger partial charge in [0, 0.05) is 25.4 Å². The van der Waals surface area contributed by atoms with Crippen molar-refractivity contribution in [2.24, 2.45) is 5.92 Å². The first-order valence-corrected chi connectivity index (χ1v) is 9.95. The topological polar surface area (TPSA) is 20.3 Å². The van der Waals surface area contributed by atoms with Gasteiger partial charge in [-0.15, -0.1) is 0 Å². The van der Waals surface area contributed by atoms with Crippen molar-refractivity contribution in [3.05, 3.63) is 78.7 Å². The monoisotopic (exact) mass is 348 g/mol. The van der Waals surface area contributed by atoms with Crippen molar-refractivity contribution in [2.75, 3.05) is 13.1 Å². The van der Waals surface area contributed by atoms with E-state index in [2.05, 4.69) is 60.4 Å². The Morgan fingerprint density at radius 2 is 1.50 bits per heavy atom. The molecule has 3 rings (SSSR count). The Bertz CT molecular complexity index is 620. The minimum Gasteiger partial charge on any atom is -0.343 e. The van der Waals surface area contributed by atoms with Gasteiger partial charge in [-0.1, -0.05) is 86.8 Å². The van der Waals surface area contributed by atoms with Crippen LogP contribution >= 0.6 is 0 Å². The zero-order valence-electron chi connectivity index (χ0n) is 15.6. The van der Waals surface area contributed by atoms with Crippen LogP contribution in [0.3, 0.4) is 0 Å². The van der Waals surface area contributed by atoms with Crippen molar-refractivity contribution in [1.82, 2.24) is 4.90 Å². The molecule has 26 heavy (non-hydrogen) atoms. The van der Waals surface area contributed by atoms with Crippen LogP contribution in [0.25, 0.3) is 0 Å². The van der Waals surface area contributed by atoms with Crippen LogP contribution in [0.1, 0.15) is 55.6 Å². The number of nitrogens with zero attached hydrogens (tertiary/aromatic N) is 1. The van der Waals surface area contributed by atoms with Crippen LogP contribution in [0, 0.1) is 12.8 Å². The van der Waals surface area contributed by atoms with E-state index < -0.39 is 0 Å². The molecule has 0 atom stereocenters. The molecule has 0 saturated carbocycles. The molecule has 0 spiro atoms. The van der Waals surface area contributed by atoms with Crippen LogP contribution in [-0.4, -0.2) is 23.9 Å². The van der Waals surface area contributed by atoms with E-state index in [9.17, 15) is 4.79 Å². The number of hydrogen-bond donors (Lipinski definition) is 0. The number of unbranched alkanes of at least 4 members (excludes halogenated alkanes) is 1. The van der Waals surface area contributed by atoms with Gasteiger partial charge in [-0.05, 0) is 29.9 Å². The first-order chi connectivity index (χ1) is 12.8. The van der Waals surface area contributed by atoms with Crippen molar-refractivity contribution in [3.8, 4) is 0 Å². The number of likely N-dealkylation sites (tertiary alicyclic amines) is 1. The number of amides is 1. The summed E-state index contributed by atoms with van der Waals surface area (Å²) in [5, 5.41) is 0. The first-order valence-electron chi connectivity index (χ1n) is 9.95. The molecule has 0 unspecified atom stereocenters. The lowest BCUT2D eigenvalue weighted by Crippen LogP contribution is -2.39. The van der Waals surface area contributed by atoms with E-state index in [0.717, 1.165) is 38.3 Å². The SMILES string of the molecule is [CH2]CCCC1CCN(C(=O)CC(c2ccccc2)c2ccccc2)CC1. The molecule has 1 heterocycles. The predicted octanol–water partition coefficient (Wildman–Crippen LogP) is 5.45. The van der Waals surface area contributed by atoms with Gasteiger partial charge in [-0.25, -0.2) is 0 Å². The summed E-state index contributed by atoms with van der Waals surface area (Å²) >= 11 is 0. The Morgan fingerprint density at radius 1 is 0.962 bits per heavy atom. The minimum absolute atomic E-state index is 0.133. The maximum absolute atomic E-state index is 13.0. The van der Waals surface area contributed by atoms with E-state index in [-0.39, 0.29) is 5.92 Å². The number of benzene rings is 2. The Balaban J connectivity index is 1.65. The van der Waals surface area contributed by atoms with Crippen molar-refractivity contribution >= 4 is 5.91 Å². The molecule has 2 aromatic rings. The second-order valence-electron chi connectivity index (χ2n) is 7.40. The van der Waals surface area contributed by atoms with Gasteiger partial charge in [0.15, 0.2) is 0 Å². The largest absolute Gasteiger partial charge is 0.343 e. The summed E-state index contributed by atoms with van der Waals surface area (Å²) in [6, 6.07) is 20.8. The highest BCUT2D eigenvalue weighted by Crippen LogP contribution is 2.30. The van der Waals surface area contributed by atoms with Gasteiger partial charge in [-0.2, -0.15) is 0 Å². The molecule has 2 heteroatoms. The summed E-state index contributed by atoms with van der Waals surface area (Å²) in [7, 11) is 0. The third-order valence-electron chi connectivity index (χ3n) is 5.61. The lowest BCUT2D eigenvalue weighted by atomic mass is 9.87. The molecule has 137 valence electrons. The summed E-state index contributed by atoms with van der Waals surface area (Å²) < 4.78 is 0. The highest BCUT2D eigenvalue weighted by Gasteiger charge is 2.25. The van der Waals surface area contributed by atoms with Crippen LogP contribution in [0.4, 0.5) is 0 Å². The van der Waals surface area contributed by atoms with Crippen LogP contribution in [-0.2, 0) is 4.79 Å². The number of carbonyl (C=O) groups is 1. The Kier molecular flexibility index (Phi) is 6.88. The third kappa shape index (κ3) is 4.97. The lowest BCUT2D eigenvalue weighted by molar-refractivity contribution is -0.132. The number of rotatable bonds is 7. The fourth-order valence-electron chi connectivity index (χ4n) is 4.01. The summed E-state index contributed by atoms with van der Waals surface area (Å²) in [6.07, 6.45) is 6.34. The molecule has 1 aliphatic heterocycles. The molecule has 1 aliphatic rings. The molecule has 2 aromatic carbocycles. The van der Waals surface area contributed by atoms with Crippen LogP contribution in [0.2, 0.25) is 0 Å². The maximum Gasteiger partial charge on any atom is 0.223 e. The van der Waals surface area contributed by atoms with E-state index in [0.29, 0.717) is 12.3 Å². The van der Waals surface area contributed by atoms with E-state index in [1.165, 1.54) is 24.0 Å². The zero-order valence-corrected chi connectivity index (χ0v) is 15.6. The number of piperidine rings is 1. The Morgan fingerprint density at radius 3 is 2.00 bits per heavy atom. The predicted molar refractivity (Wildman–Crippen MR) is 108 cm³/mol. The molecule has 0 aromatic heterocycles. The summed E-state index contributed by atoms with van der Waals surface area (Å²) in [4.78, 5) is 15.1. The Hall–Kier alpha value is -2.09. The van der Waals surface area contributed by atoms with Crippen LogP contribution < -0.4 is 0 Å². The molecule has 2 nitrogen and oxygen atoms in total. The normalized spacial score (nSPS) is 15.4. The number of hydrogen-bond acceptors (Lipinski definition) is 1. The van der Waals surface area contributed by atoms with E-state index in [4.69, 9.17) is 0 Å². The highest BCUT2D eigenvalue weighted by molar-refractivity contribution is 5.78. The van der Waals surface area contributed by atoms with Crippen LogP contribution in [0.5, 0.6) is 0 Å². The van der Waals surface area contributed by atoms with Gasteiger partial charge in [0.1, 0.15) is 0 Å². The van der Waals surface area contributed by atoms with Gasteiger partial charge in [0.25, 0.3) is 0 Å². The number of carbonyl (C=O) groups excluding carboxylic acids is 1. The zero-order chi connectivity index (χ0) is 18.2. The highest BCUT2D eigenvalue weighted by atomic mass is 16.2. The smallest absolute Gasteiger partial charge is 0.223 e. The minimum atomic E-state index is 0.133. The summed E-state index contributed by atoms with van der Waals surface area (Å²) in [5.74, 6) is 1.20. The van der Waals surface area contributed by atoms with E-state index in [1.807, 2.05) is 12.1 Å². The van der Waals surface area contributed by atoms with Gasteiger partial charge in [0.05, 0.1) is 0 Å². The fourth-order valence-corrected chi connectivity index (χ4v) is 4.01. The summed E-state index contributed by atoms with van der Waals surface area (Å²) in [6.45, 7) is 5.77. The molecule has 1 saturated heterocycles. The molecule has 0 N–H and O–H groups in total. The third-order valence-corrected chi connectivity index (χ3v) is 5.61. The van der Waals surface area contributed by atoms with Gasteiger partial charge in [0.2, 0.25) is 5.91 Å². The van der Waals surface area contributed by atoms with Crippen LogP contribution in [0.15, 0.2) is 60.7 Å². The standard InChI is InChI=1S/C24H30NO/c1-2-3-10-20-15-17-25(18-16-20)24(26)19-23(21-11-6-4-7-12-21)22-13-8-5-9-14-22/h4-9,11-14,20,23H,1-3,10,15-19H2. The lowest BCUT2D eigenvalue weighted by Gasteiger charge is -2.33. The molecular weight excluding hydrogens is 318 g/mol. The van der Waals surface area contributed by atoms with Crippen molar-refractivity contribution in [2.45, 2.75) is 44.4 Å². The molecule has 1 fully saturated rings. The molecular formula is C24H30NO. The summed E-state index contributed by atoms with van der Waals surface area (Å²) in [5.41, 5.74) is 2.44. The second kappa shape index (κ2) is 9.56. The first kappa shape index (κ1) is 18.7. The van der Waals surface area contributed by atoms with E-state index in [1.54, 1.807) is 0 Å². The second-order valence-corrected chi connectivity index (χ2v) is 7.40. The molecule has 1 amide bonds. The van der Waals surface area contributed by atoms with Crippen molar-refractivity contribution < 1.29 is 4.79 Å².